The minimum atomic E-state index is -5.09. The van der Waals surface area contributed by atoms with Crippen LogP contribution in [0.1, 0.15) is 56.7 Å². The van der Waals surface area contributed by atoms with E-state index >= 15 is 0 Å². The molecule has 0 aliphatic rings. The van der Waals surface area contributed by atoms with Gasteiger partial charge in [0.15, 0.2) is 0 Å². The molecule has 0 unspecified atom stereocenters. The Morgan fingerprint density at radius 2 is 1.58 bits per heavy atom. The number of nitrogens with one attached hydrogen (secondary N) is 1. The molecule has 0 spiro atoms. The first kappa shape index (κ1) is 27.0. The summed E-state index contributed by atoms with van der Waals surface area (Å²) in [4.78, 5) is 39.4. The number of amides is 2. The second-order valence-electron chi connectivity index (χ2n) is 7.63. The van der Waals surface area contributed by atoms with Crippen molar-refractivity contribution < 1.29 is 35.9 Å². The van der Waals surface area contributed by atoms with Crippen molar-refractivity contribution in [1.82, 2.24) is 25.2 Å². The fourth-order valence-electron chi connectivity index (χ4n) is 3.08. The molecule has 2 amide bonds. The van der Waals surface area contributed by atoms with Gasteiger partial charge in [0, 0.05) is 31.5 Å². The van der Waals surface area contributed by atoms with Gasteiger partial charge in [0.05, 0.1) is 29.1 Å². The molecule has 0 saturated carbocycles. The van der Waals surface area contributed by atoms with Gasteiger partial charge in [-0.05, 0) is 32.0 Å². The molecule has 7 nitrogen and oxygen atoms in total. The smallest absolute Gasteiger partial charge is 0.344 e. The summed E-state index contributed by atoms with van der Waals surface area (Å²) in [6.07, 6.45) is -6.18. The third-order valence-electron chi connectivity index (χ3n) is 5.07. The van der Waals surface area contributed by atoms with E-state index in [2.05, 4.69) is 20.3 Å². The Morgan fingerprint density at radius 3 is 2.14 bits per heavy atom. The highest BCUT2D eigenvalue weighted by Gasteiger charge is 2.37. The van der Waals surface area contributed by atoms with Crippen molar-refractivity contribution in [3.05, 3.63) is 64.1 Å². The molecule has 2 heterocycles. The van der Waals surface area contributed by atoms with Crippen LogP contribution in [-0.4, -0.2) is 45.3 Å². The molecule has 0 bridgehead atoms. The first-order valence-electron chi connectivity index (χ1n) is 10.3. The summed E-state index contributed by atoms with van der Waals surface area (Å²) in [5, 5.41) is 2.66. The lowest BCUT2D eigenvalue weighted by Gasteiger charge is -2.17. The monoisotopic (exact) mass is 531 g/mol. The lowest BCUT2D eigenvalue weighted by Crippen LogP contribution is -2.28. The summed E-state index contributed by atoms with van der Waals surface area (Å²) >= 11 is 1.03. The van der Waals surface area contributed by atoms with Crippen LogP contribution in [-0.2, 0) is 12.4 Å². The zero-order valence-corrected chi connectivity index (χ0v) is 19.8. The molecular weight excluding hydrogens is 512 g/mol. The predicted octanol–water partition coefficient (Wildman–Crippen LogP) is 5.22. The minimum absolute atomic E-state index is 0.0572. The number of carbonyl (C=O) groups excluding carboxylic acids is 2. The number of halogens is 6. The lowest BCUT2D eigenvalue weighted by atomic mass is 10.0. The van der Waals surface area contributed by atoms with Crippen LogP contribution >= 0.6 is 11.3 Å². The van der Waals surface area contributed by atoms with E-state index < -0.39 is 41.0 Å². The second kappa shape index (κ2) is 10.2. The van der Waals surface area contributed by atoms with Crippen molar-refractivity contribution in [3.8, 4) is 10.7 Å². The van der Waals surface area contributed by atoms with E-state index in [9.17, 15) is 35.9 Å². The zero-order chi connectivity index (χ0) is 26.8. The zero-order valence-electron chi connectivity index (χ0n) is 19.0. The topological polar surface area (TPSA) is 88.1 Å². The number of hydrogen-bond acceptors (Lipinski definition) is 6. The van der Waals surface area contributed by atoms with Gasteiger partial charge in [0.1, 0.15) is 15.6 Å². The summed E-state index contributed by atoms with van der Waals surface area (Å²) in [6.45, 7) is 3.71. The highest BCUT2D eigenvalue weighted by atomic mass is 32.1. The molecule has 0 radical (unpaired) electrons. The van der Waals surface area contributed by atoms with E-state index in [0.717, 1.165) is 11.3 Å². The van der Waals surface area contributed by atoms with E-state index in [1.54, 1.807) is 14.0 Å². The van der Waals surface area contributed by atoms with Gasteiger partial charge in [0.2, 0.25) is 0 Å². The van der Waals surface area contributed by atoms with Crippen LogP contribution in [0.5, 0.6) is 0 Å². The number of carbonyl (C=O) groups is 2. The van der Waals surface area contributed by atoms with E-state index in [-0.39, 0.29) is 23.4 Å². The molecule has 14 heteroatoms. The number of thiazole rings is 1. The van der Waals surface area contributed by atoms with Gasteiger partial charge < -0.3 is 10.2 Å². The molecule has 1 aromatic carbocycles. The Bertz CT molecular complexity index is 1240. The van der Waals surface area contributed by atoms with Crippen molar-refractivity contribution in [3.63, 3.8) is 0 Å². The van der Waals surface area contributed by atoms with Gasteiger partial charge in [-0.1, -0.05) is 0 Å². The molecule has 3 rings (SSSR count). The van der Waals surface area contributed by atoms with Crippen LogP contribution in [0.2, 0.25) is 0 Å². The number of hydrogen-bond donors (Lipinski definition) is 1. The summed E-state index contributed by atoms with van der Waals surface area (Å²) < 4.78 is 78.9. The molecule has 36 heavy (non-hydrogen) atoms. The minimum Gasteiger partial charge on any atom is -0.344 e. The maximum atomic E-state index is 13.1. The van der Waals surface area contributed by atoms with Gasteiger partial charge >= 0.3 is 12.4 Å². The maximum Gasteiger partial charge on any atom is 0.416 e. The average molecular weight is 531 g/mol. The van der Waals surface area contributed by atoms with Crippen LogP contribution in [0.3, 0.4) is 0 Å². The second-order valence-corrected chi connectivity index (χ2v) is 8.66. The van der Waals surface area contributed by atoms with E-state index in [0.29, 0.717) is 28.6 Å². The Morgan fingerprint density at radius 1 is 1.00 bits per heavy atom. The first-order valence-corrected chi connectivity index (χ1v) is 11.2. The Hall–Kier alpha value is -3.55. The summed E-state index contributed by atoms with van der Waals surface area (Å²) in [5.41, 5.74) is -3.67. The van der Waals surface area contributed by atoms with Crippen molar-refractivity contribution >= 4 is 23.2 Å². The maximum absolute atomic E-state index is 13.1. The average Bonchev–Trinajstić information content (AvgIpc) is 3.31. The summed E-state index contributed by atoms with van der Waals surface area (Å²) in [6, 6.07) is -0.347. The van der Waals surface area contributed by atoms with Crippen LogP contribution in [0.4, 0.5) is 26.3 Å². The van der Waals surface area contributed by atoms with Crippen LogP contribution in [0, 0.1) is 0 Å². The van der Waals surface area contributed by atoms with E-state index in [1.807, 2.05) is 0 Å². The lowest BCUT2D eigenvalue weighted by molar-refractivity contribution is -0.143. The Balaban J connectivity index is 1.92. The standard InChI is InChI=1S/C22H19F6N5O2S/c1-4-33(3)20(35)15-10-31-19(36-15)17-16(29-5-6-30-17)11(2)32-18(34)12-7-13(21(23,24)25)9-14(8-12)22(26,27)28/h5-11H,4H2,1-3H3,(H,32,34)/t11-/m1/s1. The first-order chi connectivity index (χ1) is 16.7. The normalized spacial score (nSPS) is 12.8. The number of alkyl halides is 6. The fraction of sp³-hybridized carbons (Fsp3) is 0.318. The molecule has 0 fully saturated rings. The molecule has 2 aromatic heterocycles. The number of aromatic nitrogens is 3. The molecule has 0 aliphatic heterocycles. The number of rotatable bonds is 6. The highest BCUT2D eigenvalue weighted by molar-refractivity contribution is 7.16. The molecule has 0 aliphatic carbocycles. The molecule has 0 saturated heterocycles. The quantitative estimate of drug-likeness (QED) is 0.441. The molecule has 192 valence electrons. The number of nitrogens with zero attached hydrogens (tertiary/aromatic N) is 4. The van der Waals surface area contributed by atoms with Gasteiger partial charge in [-0.3, -0.25) is 19.6 Å². The summed E-state index contributed by atoms with van der Waals surface area (Å²) in [7, 11) is 1.62. The van der Waals surface area contributed by atoms with Gasteiger partial charge in [-0.25, -0.2) is 4.98 Å². The summed E-state index contributed by atoms with van der Waals surface area (Å²) in [5.74, 6) is -1.44. The van der Waals surface area contributed by atoms with Crippen molar-refractivity contribution in [2.45, 2.75) is 32.2 Å². The van der Waals surface area contributed by atoms with Gasteiger partial charge in [0.25, 0.3) is 11.8 Å². The Kier molecular flexibility index (Phi) is 7.67. The van der Waals surface area contributed by atoms with Gasteiger partial charge in [-0.2, -0.15) is 26.3 Å². The third-order valence-corrected chi connectivity index (χ3v) is 6.07. The van der Waals surface area contributed by atoms with Crippen molar-refractivity contribution in [2.24, 2.45) is 0 Å². The van der Waals surface area contributed by atoms with Crippen LogP contribution in [0.25, 0.3) is 10.7 Å². The van der Waals surface area contributed by atoms with Crippen LogP contribution < -0.4 is 5.32 Å². The van der Waals surface area contributed by atoms with Crippen molar-refractivity contribution in [2.75, 3.05) is 13.6 Å². The molecule has 1 atom stereocenters. The van der Waals surface area contributed by atoms with Crippen LogP contribution in [0.15, 0.2) is 36.8 Å². The highest BCUT2D eigenvalue weighted by Crippen LogP contribution is 2.36. The van der Waals surface area contributed by atoms with E-state index in [4.69, 9.17) is 0 Å². The largest absolute Gasteiger partial charge is 0.416 e. The number of benzene rings is 1. The molecular formula is C22H19F6N5O2S. The fourth-order valence-corrected chi connectivity index (χ4v) is 4.00. The molecule has 1 N–H and O–H groups in total. The Labute approximate surface area is 205 Å². The molecule has 3 aromatic rings. The van der Waals surface area contributed by atoms with Crippen molar-refractivity contribution in [1.29, 1.82) is 0 Å². The van der Waals surface area contributed by atoms with E-state index in [1.165, 1.54) is 30.4 Å². The SMILES string of the molecule is CCN(C)C(=O)c1cnc(-c2nccnc2[C@@H](C)NC(=O)c2cc(C(F)(F)F)cc(C(F)(F)F)c2)s1. The third kappa shape index (κ3) is 5.98. The van der Waals surface area contributed by atoms with Gasteiger partial charge in [-0.15, -0.1) is 11.3 Å². The predicted molar refractivity (Wildman–Crippen MR) is 118 cm³/mol.